The van der Waals surface area contributed by atoms with Crippen molar-refractivity contribution < 1.29 is 20.1 Å². The predicted molar refractivity (Wildman–Crippen MR) is 60.8 cm³/mol. The molecular weight excluding hydrogens is 196 g/mol. The van der Waals surface area contributed by atoms with Gasteiger partial charge in [-0.05, 0) is 41.5 Å². The van der Waals surface area contributed by atoms with E-state index in [0.29, 0.717) is 0 Å². The fourth-order valence-corrected chi connectivity index (χ4v) is 0.976. The minimum atomic E-state index is -0.954. The summed E-state index contributed by atoms with van der Waals surface area (Å²) in [6.45, 7) is 11.7. The molecule has 0 radical (unpaired) electrons. The van der Waals surface area contributed by atoms with E-state index in [1.54, 1.807) is 0 Å². The zero-order valence-corrected chi connectivity index (χ0v) is 10.7. The molecule has 0 aliphatic carbocycles. The molecule has 0 aromatic rings. The lowest BCUT2D eigenvalue weighted by Crippen LogP contribution is -2.31. The molecule has 0 rings (SSSR count). The van der Waals surface area contributed by atoms with Gasteiger partial charge >= 0.3 is 0 Å². The Labute approximate surface area is 92.9 Å². The third-order valence-electron chi connectivity index (χ3n) is 1.03. The number of aliphatic hydroxyl groups excluding tert-OH is 3. The highest BCUT2D eigenvalue weighted by Gasteiger charge is 2.19. The molecule has 0 saturated heterocycles. The number of ether oxygens (including phenoxy) is 1. The van der Waals surface area contributed by atoms with Crippen molar-refractivity contribution in [2.75, 3.05) is 13.2 Å². The summed E-state index contributed by atoms with van der Waals surface area (Å²) < 4.78 is 5.62. The van der Waals surface area contributed by atoms with Crippen LogP contribution < -0.4 is 0 Å². The summed E-state index contributed by atoms with van der Waals surface area (Å²) in [6.07, 6.45) is -0.954. The van der Waals surface area contributed by atoms with Gasteiger partial charge in [-0.2, -0.15) is 0 Å². The highest BCUT2D eigenvalue weighted by atomic mass is 16.5. The monoisotopic (exact) mass is 222 g/mol. The van der Waals surface area contributed by atoms with E-state index in [1.807, 2.05) is 0 Å². The minimum absolute atomic E-state index is 0.0156. The molecule has 0 aliphatic rings. The lowest BCUT2D eigenvalue weighted by Gasteiger charge is -2.30. The van der Waals surface area contributed by atoms with Crippen LogP contribution in [0.25, 0.3) is 0 Å². The first-order chi connectivity index (χ1) is 6.52. The molecule has 0 saturated carbocycles. The largest absolute Gasteiger partial charge is 0.394 e. The Kier molecular flexibility index (Phi) is 8.24. The molecule has 0 atom stereocenters. The van der Waals surface area contributed by atoms with Crippen LogP contribution in [0.4, 0.5) is 0 Å². The van der Waals surface area contributed by atoms with E-state index in [9.17, 15) is 0 Å². The second-order valence-electron chi connectivity index (χ2n) is 5.35. The van der Waals surface area contributed by atoms with Gasteiger partial charge in [0.15, 0.2) is 0 Å². The summed E-state index contributed by atoms with van der Waals surface area (Å²) in [5.41, 5.74) is -0.0312. The average molecular weight is 222 g/mol. The molecule has 94 valence electrons. The maximum atomic E-state index is 8.17. The van der Waals surface area contributed by atoms with Crippen molar-refractivity contribution in [1.82, 2.24) is 0 Å². The molecule has 4 nitrogen and oxygen atoms in total. The third kappa shape index (κ3) is 20.0. The number of rotatable bonds is 2. The van der Waals surface area contributed by atoms with Gasteiger partial charge in [-0.1, -0.05) is 0 Å². The predicted octanol–water partition coefficient (Wildman–Crippen LogP) is 0.932. The molecule has 0 spiro atoms. The standard InChI is InChI=1S/C8H18O.C3H8O3/c1-7(2,3)9-8(4,5)6;4-1-3(6)2-5/h1-6H3;3-6H,1-2H2. The molecule has 4 heteroatoms. The van der Waals surface area contributed by atoms with Crippen LogP contribution in [0, 0.1) is 0 Å². The smallest absolute Gasteiger partial charge is 0.100 e. The summed E-state index contributed by atoms with van der Waals surface area (Å²) in [4.78, 5) is 0. The van der Waals surface area contributed by atoms with E-state index >= 15 is 0 Å². The van der Waals surface area contributed by atoms with Gasteiger partial charge in [-0.15, -0.1) is 0 Å². The SMILES string of the molecule is CC(C)(C)OC(C)(C)C.OCC(O)CO. The zero-order chi connectivity index (χ0) is 12.7. The first kappa shape index (κ1) is 17.2. The molecule has 15 heavy (non-hydrogen) atoms. The van der Waals surface area contributed by atoms with Crippen LogP contribution in [0.1, 0.15) is 41.5 Å². The van der Waals surface area contributed by atoms with E-state index in [4.69, 9.17) is 20.1 Å². The van der Waals surface area contributed by atoms with Gasteiger partial charge in [0.05, 0.1) is 24.4 Å². The van der Waals surface area contributed by atoms with Gasteiger partial charge in [-0.3, -0.25) is 0 Å². The lowest BCUT2D eigenvalue weighted by molar-refractivity contribution is -0.102. The highest BCUT2D eigenvalue weighted by Crippen LogP contribution is 2.17. The van der Waals surface area contributed by atoms with Crippen LogP contribution in [0.5, 0.6) is 0 Å². The topological polar surface area (TPSA) is 69.9 Å². The summed E-state index contributed by atoms with van der Waals surface area (Å²) in [5, 5.41) is 24.0. The molecule has 0 amide bonds. The lowest BCUT2D eigenvalue weighted by atomic mass is 10.1. The van der Waals surface area contributed by atoms with Gasteiger partial charge < -0.3 is 20.1 Å². The normalized spacial score (nSPS) is 12.4. The molecule has 0 unspecified atom stereocenters. The van der Waals surface area contributed by atoms with E-state index in [-0.39, 0.29) is 24.4 Å². The summed E-state index contributed by atoms with van der Waals surface area (Å²) in [6, 6.07) is 0. The van der Waals surface area contributed by atoms with E-state index in [2.05, 4.69) is 41.5 Å². The molecule has 3 N–H and O–H groups in total. The number of hydrogen-bond acceptors (Lipinski definition) is 4. The number of aliphatic hydroxyl groups is 3. The van der Waals surface area contributed by atoms with Crippen LogP contribution >= 0.6 is 0 Å². The van der Waals surface area contributed by atoms with Crippen LogP contribution in [-0.2, 0) is 4.74 Å². The Balaban J connectivity index is 0. The molecule has 0 aromatic carbocycles. The van der Waals surface area contributed by atoms with E-state index < -0.39 is 6.10 Å². The van der Waals surface area contributed by atoms with Crippen molar-refractivity contribution >= 4 is 0 Å². The van der Waals surface area contributed by atoms with Crippen molar-refractivity contribution in [1.29, 1.82) is 0 Å². The average Bonchev–Trinajstić information content (AvgIpc) is 1.97. The summed E-state index contributed by atoms with van der Waals surface area (Å²) in [5.74, 6) is 0. The molecule has 0 aromatic heterocycles. The second kappa shape index (κ2) is 7.17. The molecule has 0 fully saturated rings. The van der Waals surface area contributed by atoms with Gasteiger partial charge in [-0.25, -0.2) is 0 Å². The Bertz CT molecular complexity index is 128. The van der Waals surface area contributed by atoms with Crippen molar-refractivity contribution in [3.05, 3.63) is 0 Å². The van der Waals surface area contributed by atoms with Crippen molar-refractivity contribution in [2.45, 2.75) is 58.8 Å². The zero-order valence-electron chi connectivity index (χ0n) is 10.7. The van der Waals surface area contributed by atoms with Crippen LogP contribution in [0.3, 0.4) is 0 Å². The van der Waals surface area contributed by atoms with Crippen molar-refractivity contribution in [3.8, 4) is 0 Å². The second-order valence-corrected chi connectivity index (χ2v) is 5.35. The van der Waals surface area contributed by atoms with Crippen LogP contribution in [0.15, 0.2) is 0 Å². The van der Waals surface area contributed by atoms with Crippen LogP contribution in [0.2, 0.25) is 0 Å². The Morgan fingerprint density at radius 1 is 0.867 bits per heavy atom. The first-order valence-electron chi connectivity index (χ1n) is 5.12. The van der Waals surface area contributed by atoms with Crippen LogP contribution in [-0.4, -0.2) is 45.8 Å². The van der Waals surface area contributed by atoms with Gasteiger partial charge in [0.2, 0.25) is 0 Å². The van der Waals surface area contributed by atoms with Gasteiger partial charge in [0.25, 0.3) is 0 Å². The molecule has 0 bridgehead atoms. The fourth-order valence-electron chi connectivity index (χ4n) is 0.976. The Morgan fingerprint density at radius 3 is 1.13 bits per heavy atom. The quantitative estimate of drug-likeness (QED) is 0.650. The third-order valence-corrected chi connectivity index (χ3v) is 1.03. The number of hydrogen-bond donors (Lipinski definition) is 3. The maximum Gasteiger partial charge on any atom is 0.100 e. The fraction of sp³-hybridized carbons (Fsp3) is 1.00. The van der Waals surface area contributed by atoms with Gasteiger partial charge in [0, 0.05) is 0 Å². The van der Waals surface area contributed by atoms with E-state index in [0.717, 1.165) is 0 Å². The summed E-state index contributed by atoms with van der Waals surface area (Å²) >= 11 is 0. The van der Waals surface area contributed by atoms with Crippen molar-refractivity contribution in [3.63, 3.8) is 0 Å². The van der Waals surface area contributed by atoms with Gasteiger partial charge in [0.1, 0.15) is 6.10 Å². The Morgan fingerprint density at radius 2 is 1.13 bits per heavy atom. The molecular formula is C11H26O4. The maximum absolute atomic E-state index is 8.17. The summed E-state index contributed by atoms with van der Waals surface area (Å²) in [7, 11) is 0. The first-order valence-corrected chi connectivity index (χ1v) is 5.12. The Hall–Kier alpha value is -0.160. The van der Waals surface area contributed by atoms with Crippen molar-refractivity contribution in [2.24, 2.45) is 0 Å². The molecule has 0 heterocycles. The molecule has 0 aliphatic heterocycles. The minimum Gasteiger partial charge on any atom is -0.394 e. The van der Waals surface area contributed by atoms with E-state index in [1.165, 1.54) is 0 Å². The highest BCUT2D eigenvalue weighted by molar-refractivity contribution is 4.68.